The molecule has 0 aliphatic carbocycles. The van der Waals surface area contributed by atoms with Crippen LogP contribution < -0.4 is 0 Å². The van der Waals surface area contributed by atoms with E-state index in [9.17, 15) is 0 Å². The van der Waals surface area contributed by atoms with Crippen LogP contribution in [-0.2, 0) is 4.74 Å². The van der Waals surface area contributed by atoms with Crippen LogP contribution in [-0.4, -0.2) is 17.2 Å². The van der Waals surface area contributed by atoms with Crippen molar-refractivity contribution in [3.63, 3.8) is 0 Å². The molecular weight excluding hydrogens is 162 g/mol. The molecular formula is C11H13NO. The lowest BCUT2D eigenvalue weighted by Gasteiger charge is -2.18. The number of hydrogen-bond acceptors (Lipinski definition) is 2. The molecule has 0 unspecified atom stereocenters. The second kappa shape index (κ2) is 2.81. The molecule has 2 nitrogen and oxygen atoms in total. The predicted molar refractivity (Wildman–Crippen MR) is 49.5 cm³/mol. The molecule has 2 fully saturated rings. The Hall–Kier alpha value is -0.890. The lowest BCUT2D eigenvalue weighted by molar-refractivity contribution is 0.101. The van der Waals surface area contributed by atoms with Crippen LogP contribution in [0.3, 0.4) is 0 Å². The van der Waals surface area contributed by atoms with Crippen molar-refractivity contribution >= 4 is 0 Å². The van der Waals surface area contributed by atoms with Gasteiger partial charge in [-0.25, -0.2) is 0 Å². The van der Waals surface area contributed by atoms with E-state index in [4.69, 9.17) is 4.74 Å². The van der Waals surface area contributed by atoms with E-state index in [-0.39, 0.29) is 0 Å². The Morgan fingerprint density at radius 1 is 1.23 bits per heavy atom. The minimum absolute atomic E-state index is 0.493. The van der Waals surface area contributed by atoms with Crippen LogP contribution >= 0.6 is 0 Å². The van der Waals surface area contributed by atoms with E-state index in [1.165, 1.54) is 24.8 Å². The fraction of sp³-hybridized carbons (Fsp3) is 0.545. The minimum atomic E-state index is 0.493. The van der Waals surface area contributed by atoms with Crippen molar-refractivity contribution in [1.29, 1.82) is 0 Å². The first kappa shape index (κ1) is 7.51. The third kappa shape index (κ3) is 1.17. The highest BCUT2D eigenvalue weighted by atomic mass is 16.5. The quantitative estimate of drug-likeness (QED) is 0.652. The van der Waals surface area contributed by atoms with Gasteiger partial charge < -0.3 is 4.74 Å². The smallest absolute Gasteiger partial charge is 0.0649 e. The Labute approximate surface area is 77.9 Å². The highest BCUT2D eigenvalue weighted by molar-refractivity contribution is 5.20. The fourth-order valence-electron chi connectivity index (χ4n) is 2.60. The van der Waals surface area contributed by atoms with Crippen molar-refractivity contribution in [2.45, 2.75) is 37.4 Å². The molecule has 2 heteroatoms. The summed E-state index contributed by atoms with van der Waals surface area (Å²) in [6.07, 6.45) is 8.52. The maximum absolute atomic E-state index is 5.82. The Bertz CT molecular complexity index is 298. The summed E-state index contributed by atoms with van der Waals surface area (Å²) in [7, 11) is 0. The van der Waals surface area contributed by atoms with E-state index in [2.05, 4.69) is 17.1 Å². The number of aromatic nitrogens is 1. The van der Waals surface area contributed by atoms with Gasteiger partial charge in [0.25, 0.3) is 0 Å². The summed E-state index contributed by atoms with van der Waals surface area (Å²) in [5.41, 5.74) is 1.40. The highest BCUT2D eigenvalue weighted by Crippen LogP contribution is 2.44. The Kier molecular flexibility index (Phi) is 1.62. The summed E-state index contributed by atoms with van der Waals surface area (Å²) >= 11 is 0. The van der Waals surface area contributed by atoms with Crippen LogP contribution in [0.1, 0.15) is 30.7 Å². The maximum Gasteiger partial charge on any atom is 0.0649 e. The van der Waals surface area contributed by atoms with Gasteiger partial charge in [-0.1, -0.05) is 0 Å². The molecule has 2 bridgehead atoms. The first-order valence-electron chi connectivity index (χ1n) is 4.99. The third-order valence-corrected chi connectivity index (χ3v) is 3.24. The molecule has 13 heavy (non-hydrogen) atoms. The number of fused-ring (bicyclic) bond motifs is 2. The van der Waals surface area contributed by atoms with E-state index in [0.29, 0.717) is 18.1 Å². The summed E-state index contributed by atoms with van der Waals surface area (Å²) in [4.78, 5) is 4.04. The summed E-state index contributed by atoms with van der Waals surface area (Å²) in [5, 5.41) is 0. The van der Waals surface area contributed by atoms with E-state index >= 15 is 0 Å². The summed E-state index contributed by atoms with van der Waals surface area (Å²) in [6.45, 7) is 0. The molecule has 2 aliphatic heterocycles. The number of ether oxygens (including phenoxy) is 1. The molecule has 0 amide bonds. The molecule has 3 rings (SSSR count). The van der Waals surface area contributed by atoms with Crippen molar-refractivity contribution in [2.75, 3.05) is 0 Å². The second-order valence-corrected chi connectivity index (χ2v) is 4.00. The van der Waals surface area contributed by atoms with Crippen LogP contribution in [0.15, 0.2) is 24.5 Å². The van der Waals surface area contributed by atoms with Crippen molar-refractivity contribution < 1.29 is 4.74 Å². The van der Waals surface area contributed by atoms with Gasteiger partial charge in [0.1, 0.15) is 0 Å². The Balaban J connectivity index is 1.87. The molecule has 1 aromatic rings. The highest BCUT2D eigenvalue weighted by Gasteiger charge is 2.41. The molecule has 3 heterocycles. The van der Waals surface area contributed by atoms with Crippen molar-refractivity contribution in [2.24, 2.45) is 0 Å². The molecule has 2 aliphatic rings. The van der Waals surface area contributed by atoms with Gasteiger partial charge >= 0.3 is 0 Å². The monoisotopic (exact) mass is 175 g/mol. The van der Waals surface area contributed by atoms with Crippen LogP contribution in [0.5, 0.6) is 0 Å². The number of rotatable bonds is 1. The topological polar surface area (TPSA) is 22.1 Å². The number of nitrogens with zero attached hydrogens (tertiary/aromatic N) is 1. The van der Waals surface area contributed by atoms with E-state index in [0.717, 1.165) is 0 Å². The molecule has 0 aromatic carbocycles. The lowest BCUT2D eigenvalue weighted by Crippen LogP contribution is -2.14. The first-order chi connectivity index (χ1) is 6.43. The van der Waals surface area contributed by atoms with Gasteiger partial charge in [0.15, 0.2) is 0 Å². The van der Waals surface area contributed by atoms with Gasteiger partial charge in [-0.05, 0) is 37.0 Å². The molecule has 0 radical (unpaired) electrons. The zero-order valence-corrected chi connectivity index (χ0v) is 7.52. The van der Waals surface area contributed by atoms with Crippen LogP contribution in [0.2, 0.25) is 0 Å². The Morgan fingerprint density at radius 3 is 2.69 bits per heavy atom. The van der Waals surface area contributed by atoms with Crippen LogP contribution in [0.25, 0.3) is 0 Å². The van der Waals surface area contributed by atoms with E-state index in [1.54, 1.807) is 0 Å². The zero-order chi connectivity index (χ0) is 8.67. The zero-order valence-electron chi connectivity index (χ0n) is 7.52. The average molecular weight is 175 g/mol. The summed E-state index contributed by atoms with van der Waals surface area (Å²) < 4.78 is 5.82. The van der Waals surface area contributed by atoms with Gasteiger partial charge in [-0.3, -0.25) is 4.98 Å². The number of hydrogen-bond donors (Lipinski definition) is 0. The largest absolute Gasteiger partial charge is 0.374 e. The van der Waals surface area contributed by atoms with E-state index < -0.39 is 0 Å². The molecule has 0 saturated carbocycles. The molecule has 3 atom stereocenters. The third-order valence-electron chi connectivity index (χ3n) is 3.24. The van der Waals surface area contributed by atoms with Crippen LogP contribution in [0, 0.1) is 0 Å². The van der Waals surface area contributed by atoms with Crippen molar-refractivity contribution in [1.82, 2.24) is 4.98 Å². The molecule has 2 saturated heterocycles. The average Bonchev–Trinajstić information content (AvgIpc) is 2.80. The van der Waals surface area contributed by atoms with Crippen LogP contribution in [0.4, 0.5) is 0 Å². The van der Waals surface area contributed by atoms with Gasteiger partial charge in [0.2, 0.25) is 0 Å². The van der Waals surface area contributed by atoms with Crippen molar-refractivity contribution in [3.8, 4) is 0 Å². The van der Waals surface area contributed by atoms with E-state index in [1.807, 2.05) is 12.4 Å². The van der Waals surface area contributed by atoms with Gasteiger partial charge in [-0.15, -0.1) is 0 Å². The van der Waals surface area contributed by atoms with Gasteiger partial charge in [0.05, 0.1) is 12.2 Å². The molecule has 0 N–H and O–H groups in total. The summed E-state index contributed by atoms with van der Waals surface area (Å²) in [5.74, 6) is 0.641. The molecule has 68 valence electrons. The van der Waals surface area contributed by atoms with Crippen molar-refractivity contribution in [3.05, 3.63) is 30.1 Å². The normalized spacial score (nSPS) is 36.8. The fourth-order valence-corrected chi connectivity index (χ4v) is 2.60. The lowest BCUT2D eigenvalue weighted by atomic mass is 9.84. The maximum atomic E-state index is 5.82. The number of pyridine rings is 1. The molecule has 1 aromatic heterocycles. The minimum Gasteiger partial charge on any atom is -0.374 e. The first-order valence-corrected chi connectivity index (χ1v) is 4.99. The summed E-state index contributed by atoms with van der Waals surface area (Å²) in [6, 6.07) is 4.24. The molecule has 0 spiro atoms. The predicted octanol–water partition coefficient (Wildman–Crippen LogP) is 2.12. The Morgan fingerprint density at radius 2 is 2.08 bits per heavy atom. The SMILES string of the molecule is c1cc([C@@H]2C[C@@H]3CC[C@H]2O3)ccn1. The standard InChI is InChI=1S/C11H13NO/c1-2-11-10(7-9(1)13-11)8-3-5-12-6-4-8/h3-6,9-11H,1-2,7H2/t9-,10-,11+/m0/s1. The van der Waals surface area contributed by atoms with Gasteiger partial charge in [0, 0.05) is 18.3 Å². The van der Waals surface area contributed by atoms with Gasteiger partial charge in [-0.2, -0.15) is 0 Å². The second-order valence-electron chi connectivity index (χ2n) is 4.00.